The second-order valence-corrected chi connectivity index (χ2v) is 3.55. The molecule has 0 amide bonds. The molecule has 0 radical (unpaired) electrons. The lowest BCUT2D eigenvalue weighted by Crippen LogP contribution is -2.08. The lowest BCUT2D eigenvalue weighted by Gasteiger charge is -1.90. The summed E-state index contributed by atoms with van der Waals surface area (Å²) in [5, 5.41) is 0.512. The Bertz CT molecular complexity index is 527. The van der Waals surface area contributed by atoms with Crippen LogP contribution >= 0.6 is 15.9 Å². The summed E-state index contributed by atoms with van der Waals surface area (Å²) in [6.45, 7) is 3.52. The molecular formula is C8H7BrN2O2. The molecule has 0 bridgehead atoms. The van der Waals surface area contributed by atoms with Crippen molar-refractivity contribution < 1.29 is 4.42 Å². The third kappa shape index (κ3) is 1.19. The van der Waals surface area contributed by atoms with E-state index in [4.69, 9.17) is 4.42 Å². The summed E-state index contributed by atoms with van der Waals surface area (Å²) in [5.74, 6) is 0.554. The van der Waals surface area contributed by atoms with Gasteiger partial charge in [-0.3, -0.25) is 4.79 Å². The van der Waals surface area contributed by atoms with Gasteiger partial charge < -0.3 is 9.40 Å². The summed E-state index contributed by atoms with van der Waals surface area (Å²) in [6.07, 6.45) is 0. The van der Waals surface area contributed by atoms with Crippen molar-refractivity contribution in [1.29, 1.82) is 0 Å². The summed E-state index contributed by atoms with van der Waals surface area (Å²) in [6, 6.07) is 0. The van der Waals surface area contributed by atoms with Gasteiger partial charge in [0.15, 0.2) is 4.67 Å². The van der Waals surface area contributed by atoms with Crippen molar-refractivity contribution in [3.8, 4) is 0 Å². The Morgan fingerprint density at radius 1 is 1.46 bits per heavy atom. The predicted octanol–water partition coefficient (Wildman–Crippen LogP) is 1.90. The van der Waals surface area contributed by atoms with E-state index in [0.717, 1.165) is 5.56 Å². The Labute approximate surface area is 82.1 Å². The Morgan fingerprint density at radius 2 is 2.15 bits per heavy atom. The Hall–Kier alpha value is -1.10. The third-order valence-electron chi connectivity index (χ3n) is 1.86. The maximum atomic E-state index is 11.5. The lowest BCUT2D eigenvalue weighted by atomic mass is 10.3. The highest BCUT2D eigenvalue weighted by Gasteiger charge is 2.12. The molecule has 13 heavy (non-hydrogen) atoms. The number of hydrogen-bond donors (Lipinski definition) is 1. The molecule has 0 saturated carbocycles. The van der Waals surface area contributed by atoms with E-state index in [9.17, 15) is 4.79 Å². The molecule has 0 atom stereocenters. The normalized spacial score (nSPS) is 11.0. The summed E-state index contributed by atoms with van der Waals surface area (Å²) in [4.78, 5) is 18.1. The lowest BCUT2D eigenvalue weighted by molar-refractivity contribution is 0.570. The molecule has 5 heteroatoms. The topological polar surface area (TPSA) is 58.9 Å². The van der Waals surface area contributed by atoms with Gasteiger partial charge in [-0.2, -0.15) is 4.98 Å². The molecule has 0 aliphatic carbocycles. The highest BCUT2D eigenvalue weighted by molar-refractivity contribution is 9.10. The number of rotatable bonds is 0. The minimum absolute atomic E-state index is 0.158. The smallest absolute Gasteiger partial charge is 0.262 e. The molecule has 0 aromatic carbocycles. The molecule has 2 rings (SSSR count). The van der Waals surface area contributed by atoms with E-state index in [1.165, 1.54) is 0 Å². The van der Waals surface area contributed by atoms with Crippen LogP contribution in [0.25, 0.3) is 11.1 Å². The highest BCUT2D eigenvalue weighted by Crippen LogP contribution is 2.24. The zero-order valence-corrected chi connectivity index (χ0v) is 8.73. The van der Waals surface area contributed by atoms with Crippen LogP contribution in [-0.4, -0.2) is 9.97 Å². The third-order valence-corrected chi connectivity index (χ3v) is 2.62. The first-order valence-corrected chi connectivity index (χ1v) is 4.54. The van der Waals surface area contributed by atoms with Crippen molar-refractivity contribution in [3.63, 3.8) is 0 Å². The van der Waals surface area contributed by atoms with Gasteiger partial charge in [-0.1, -0.05) is 0 Å². The van der Waals surface area contributed by atoms with E-state index >= 15 is 0 Å². The number of nitrogens with one attached hydrogen (secondary N) is 1. The van der Waals surface area contributed by atoms with Crippen LogP contribution in [0.1, 0.15) is 11.4 Å². The molecule has 1 N–H and O–H groups in total. The molecule has 2 aromatic heterocycles. The molecular weight excluding hydrogens is 236 g/mol. The summed E-state index contributed by atoms with van der Waals surface area (Å²) >= 11 is 3.21. The van der Waals surface area contributed by atoms with Gasteiger partial charge in [-0.25, -0.2) is 0 Å². The molecule has 2 aromatic rings. The van der Waals surface area contributed by atoms with Crippen molar-refractivity contribution in [2.24, 2.45) is 0 Å². The van der Waals surface area contributed by atoms with Gasteiger partial charge >= 0.3 is 0 Å². The molecule has 0 unspecified atom stereocenters. The maximum absolute atomic E-state index is 11.5. The second-order valence-electron chi connectivity index (χ2n) is 2.83. The number of H-pyrrole nitrogens is 1. The summed E-state index contributed by atoms with van der Waals surface area (Å²) in [7, 11) is 0. The van der Waals surface area contributed by atoms with E-state index in [0.29, 0.717) is 21.6 Å². The van der Waals surface area contributed by atoms with E-state index in [1.54, 1.807) is 6.92 Å². The number of aromatic nitrogens is 2. The molecule has 0 fully saturated rings. The standard InChI is InChI=1S/C8H7BrN2O2/c1-3-5-7(12)10-4(2)11-8(5)13-6(3)9/h1-2H3,(H,10,11,12). The number of hydrogen-bond acceptors (Lipinski definition) is 3. The van der Waals surface area contributed by atoms with Gasteiger partial charge in [0.05, 0.1) is 0 Å². The minimum atomic E-state index is -0.158. The maximum Gasteiger partial charge on any atom is 0.262 e. The number of furan rings is 1. The molecule has 68 valence electrons. The first kappa shape index (κ1) is 8.50. The van der Waals surface area contributed by atoms with E-state index in [1.807, 2.05) is 6.92 Å². The number of aryl methyl sites for hydroxylation is 2. The minimum Gasteiger partial charge on any atom is -0.430 e. The van der Waals surface area contributed by atoms with Crippen molar-refractivity contribution in [1.82, 2.24) is 9.97 Å². The van der Waals surface area contributed by atoms with Gasteiger partial charge in [-0.15, -0.1) is 0 Å². The van der Waals surface area contributed by atoms with E-state index in [-0.39, 0.29) is 5.56 Å². The van der Waals surface area contributed by atoms with Crippen LogP contribution in [0.5, 0.6) is 0 Å². The SMILES string of the molecule is Cc1nc2oc(Br)c(C)c2c(=O)[nH]1. The van der Waals surface area contributed by atoms with Crippen molar-refractivity contribution >= 4 is 27.0 Å². The second kappa shape index (κ2) is 2.70. The van der Waals surface area contributed by atoms with Crippen LogP contribution in [0.3, 0.4) is 0 Å². The molecule has 0 aliphatic rings. The van der Waals surface area contributed by atoms with Crippen molar-refractivity contribution in [2.75, 3.05) is 0 Å². The molecule has 0 aliphatic heterocycles. The van der Waals surface area contributed by atoms with Gasteiger partial charge in [0, 0.05) is 5.56 Å². The number of nitrogens with zero attached hydrogens (tertiary/aromatic N) is 1. The molecule has 0 saturated heterocycles. The highest BCUT2D eigenvalue weighted by atomic mass is 79.9. The Balaban J connectivity index is 3.03. The fraction of sp³-hybridized carbons (Fsp3) is 0.250. The van der Waals surface area contributed by atoms with Crippen LogP contribution in [0.4, 0.5) is 0 Å². The van der Waals surface area contributed by atoms with Crippen molar-refractivity contribution in [3.05, 3.63) is 26.4 Å². The first-order chi connectivity index (χ1) is 6.09. The zero-order chi connectivity index (χ0) is 9.59. The molecule has 0 spiro atoms. The van der Waals surface area contributed by atoms with E-state index < -0.39 is 0 Å². The predicted molar refractivity (Wildman–Crippen MR) is 51.8 cm³/mol. The number of fused-ring (bicyclic) bond motifs is 1. The molecule has 4 nitrogen and oxygen atoms in total. The average Bonchev–Trinajstić information content (AvgIpc) is 2.27. The fourth-order valence-corrected chi connectivity index (χ4v) is 1.58. The Morgan fingerprint density at radius 3 is 2.85 bits per heavy atom. The van der Waals surface area contributed by atoms with Crippen LogP contribution < -0.4 is 5.56 Å². The molecule has 2 heterocycles. The van der Waals surface area contributed by atoms with Gasteiger partial charge in [0.25, 0.3) is 5.56 Å². The number of aromatic amines is 1. The van der Waals surface area contributed by atoms with Crippen LogP contribution in [0.2, 0.25) is 0 Å². The monoisotopic (exact) mass is 242 g/mol. The van der Waals surface area contributed by atoms with Gasteiger partial charge in [0.2, 0.25) is 5.71 Å². The van der Waals surface area contributed by atoms with Crippen LogP contribution in [0, 0.1) is 13.8 Å². The number of halogens is 1. The quantitative estimate of drug-likeness (QED) is 0.768. The van der Waals surface area contributed by atoms with Crippen LogP contribution in [0.15, 0.2) is 13.9 Å². The average molecular weight is 243 g/mol. The van der Waals surface area contributed by atoms with Gasteiger partial charge in [-0.05, 0) is 29.8 Å². The zero-order valence-electron chi connectivity index (χ0n) is 7.14. The van der Waals surface area contributed by atoms with Gasteiger partial charge in [0.1, 0.15) is 11.2 Å². The van der Waals surface area contributed by atoms with Crippen LogP contribution in [-0.2, 0) is 0 Å². The first-order valence-electron chi connectivity index (χ1n) is 3.75. The summed E-state index contributed by atoms with van der Waals surface area (Å²) in [5.41, 5.74) is 1.00. The van der Waals surface area contributed by atoms with E-state index in [2.05, 4.69) is 25.9 Å². The summed E-state index contributed by atoms with van der Waals surface area (Å²) < 4.78 is 5.81. The fourth-order valence-electron chi connectivity index (χ4n) is 1.22. The largest absolute Gasteiger partial charge is 0.430 e. The Kier molecular flexibility index (Phi) is 1.76. The van der Waals surface area contributed by atoms with Crippen molar-refractivity contribution in [2.45, 2.75) is 13.8 Å².